The molecule has 1 aromatic heterocycles. The van der Waals surface area contributed by atoms with Crippen LogP contribution in [0, 0.1) is 5.82 Å². The number of aromatic nitrogens is 1. The van der Waals surface area contributed by atoms with Gasteiger partial charge in [0.2, 0.25) is 0 Å². The van der Waals surface area contributed by atoms with Crippen LogP contribution in [0.25, 0.3) is 16.8 Å². The van der Waals surface area contributed by atoms with E-state index < -0.39 is 24.6 Å². The second-order valence-corrected chi connectivity index (χ2v) is 8.43. The summed E-state index contributed by atoms with van der Waals surface area (Å²) < 4.78 is 15.7. The summed E-state index contributed by atoms with van der Waals surface area (Å²) in [7, 11) is 0. The molecule has 0 aliphatic heterocycles. The maximum atomic E-state index is 13.5. The number of aliphatic carboxylic acids is 1. The number of carbonyl (C=O) groups excluding carboxylic acids is 1. The zero-order valence-corrected chi connectivity index (χ0v) is 21.4. The summed E-state index contributed by atoms with van der Waals surface area (Å²) in [5.41, 5.74) is 4.99. The largest absolute Gasteiger partial charge is 1.00 e. The van der Waals surface area contributed by atoms with Crippen molar-refractivity contribution in [3.8, 4) is 16.8 Å². The molecule has 7 heteroatoms. The number of halogens is 1. The van der Waals surface area contributed by atoms with Gasteiger partial charge in [-0.1, -0.05) is 44.2 Å². The Morgan fingerprint density at radius 1 is 1.03 bits per heavy atom. The van der Waals surface area contributed by atoms with Crippen LogP contribution in [0.15, 0.2) is 60.8 Å². The van der Waals surface area contributed by atoms with Gasteiger partial charge in [0.1, 0.15) is 5.82 Å². The monoisotopic (exact) mass is 461 g/mol. The first kappa shape index (κ1) is 27.3. The van der Waals surface area contributed by atoms with Gasteiger partial charge in [-0.3, -0.25) is 0 Å². The van der Waals surface area contributed by atoms with Gasteiger partial charge < -0.3 is 24.7 Å². The van der Waals surface area contributed by atoms with Gasteiger partial charge in [-0.2, -0.15) is 0 Å². The van der Waals surface area contributed by atoms with Crippen LogP contribution in [-0.4, -0.2) is 33.0 Å². The number of benzene rings is 2. The van der Waals surface area contributed by atoms with E-state index in [1.165, 1.54) is 12.1 Å². The zero-order valence-electron chi connectivity index (χ0n) is 19.4. The van der Waals surface area contributed by atoms with Gasteiger partial charge in [0.05, 0.1) is 12.2 Å². The average Bonchev–Trinajstić information content (AvgIpc) is 3.12. The second-order valence-electron chi connectivity index (χ2n) is 8.43. The number of carbonyl (C=O) groups is 1. The third-order valence-electron chi connectivity index (χ3n) is 5.56. The van der Waals surface area contributed by atoms with E-state index in [4.69, 9.17) is 0 Å². The molecule has 5 nitrogen and oxygen atoms in total. The Bertz CT molecular complexity index is 1030. The van der Waals surface area contributed by atoms with Crippen LogP contribution >= 0.6 is 0 Å². The molecule has 2 atom stereocenters. The van der Waals surface area contributed by atoms with Crippen molar-refractivity contribution in [2.75, 3.05) is 0 Å². The molecule has 0 saturated carbocycles. The summed E-state index contributed by atoms with van der Waals surface area (Å²) in [4.78, 5) is 10.7. The topological polar surface area (TPSA) is 85.5 Å². The quantitative estimate of drug-likeness (QED) is 0.433. The van der Waals surface area contributed by atoms with Crippen LogP contribution in [0.2, 0.25) is 0 Å². The number of nitrogens with zero attached hydrogens (tertiary/aromatic N) is 1. The molecule has 0 radical (unpaired) electrons. The maximum Gasteiger partial charge on any atom is 1.00 e. The summed E-state index contributed by atoms with van der Waals surface area (Å²) in [6.07, 6.45) is 0.395. The van der Waals surface area contributed by atoms with Crippen LogP contribution in [0.1, 0.15) is 50.3 Å². The van der Waals surface area contributed by atoms with Crippen molar-refractivity contribution in [1.29, 1.82) is 0 Å². The van der Waals surface area contributed by atoms with Crippen LogP contribution in [0.3, 0.4) is 0 Å². The third kappa shape index (κ3) is 7.26. The molecule has 0 saturated heterocycles. The molecule has 0 spiro atoms. The number of carboxylic acids is 1. The number of carboxylic acid groups (broad SMARTS) is 1. The first-order valence-electron chi connectivity index (χ1n) is 10.9. The van der Waals surface area contributed by atoms with Crippen LogP contribution in [-0.2, 0) is 11.2 Å². The van der Waals surface area contributed by atoms with Gasteiger partial charge >= 0.3 is 29.6 Å². The molecular formula is C26H29FNNaO4. The molecule has 3 aromatic rings. The van der Waals surface area contributed by atoms with Crippen molar-refractivity contribution in [3.05, 3.63) is 77.9 Å². The average molecular weight is 462 g/mol. The molecule has 2 N–H and O–H groups in total. The summed E-state index contributed by atoms with van der Waals surface area (Å²) in [5, 5.41) is 30.9. The minimum atomic E-state index is -1.34. The minimum absolute atomic E-state index is 0. The molecule has 0 amide bonds. The van der Waals surface area contributed by atoms with Crippen molar-refractivity contribution in [2.24, 2.45) is 0 Å². The molecule has 2 unspecified atom stereocenters. The number of rotatable bonds is 10. The third-order valence-corrected chi connectivity index (χ3v) is 5.56. The number of aliphatic hydroxyl groups excluding tert-OH is 2. The van der Waals surface area contributed by atoms with Crippen molar-refractivity contribution in [3.63, 3.8) is 0 Å². The van der Waals surface area contributed by atoms with Gasteiger partial charge in [0.25, 0.3) is 0 Å². The summed E-state index contributed by atoms with van der Waals surface area (Å²) >= 11 is 0. The van der Waals surface area contributed by atoms with E-state index in [0.717, 1.165) is 28.1 Å². The molecule has 0 bridgehead atoms. The smallest absolute Gasteiger partial charge is 0.550 e. The first-order chi connectivity index (χ1) is 15.3. The van der Waals surface area contributed by atoms with E-state index in [-0.39, 0.29) is 47.7 Å². The first-order valence-corrected chi connectivity index (χ1v) is 10.9. The van der Waals surface area contributed by atoms with Gasteiger partial charge in [-0.05, 0) is 60.6 Å². The Balaban J connectivity index is 0.00000385. The van der Waals surface area contributed by atoms with Gasteiger partial charge in [-0.15, -0.1) is 0 Å². The molecule has 33 heavy (non-hydrogen) atoms. The van der Waals surface area contributed by atoms with E-state index in [0.29, 0.717) is 12.8 Å². The van der Waals surface area contributed by atoms with E-state index in [1.807, 2.05) is 36.5 Å². The normalized spacial score (nSPS) is 12.9. The van der Waals surface area contributed by atoms with Crippen molar-refractivity contribution in [2.45, 2.75) is 57.7 Å². The summed E-state index contributed by atoms with van der Waals surface area (Å²) in [5.74, 6) is -1.47. The molecular weight excluding hydrogens is 432 g/mol. The maximum absolute atomic E-state index is 13.5. The fourth-order valence-electron chi connectivity index (χ4n) is 4.15. The van der Waals surface area contributed by atoms with Gasteiger partial charge in [-0.25, -0.2) is 4.39 Å². The Morgan fingerprint density at radius 3 is 2.24 bits per heavy atom. The zero-order chi connectivity index (χ0) is 23.3. The number of aliphatic hydroxyl groups is 2. The van der Waals surface area contributed by atoms with Gasteiger partial charge in [0.15, 0.2) is 0 Å². The van der Waals surface area contributed by atoms with Gasteiger partial charge in [0, 0.05) is 35.5 Å². The summed E-state index contributed by atoms with van der Waals surface area (Å²) in [6.45, 7) is 4.21. The van der Waals surface area contributed by atoms with Crippen LogP contribution in [0.4, 0.5) is 4.39 Å². The van der Waals surface area contributed by atoms with E-state index in [1.54, 1.807) is 12.1 Å². The number of para-hydroxylation sites is 1. The number of hydrogen-bond donors (Lipinski definition) is 2. The molecule has 1 heterocycles. The number of hydrogen-bond acceptors (Lipinski definition) is 4. The second kappa shape index (κ2) is 12.5. The molecule has 0 aliphatic rings. The Morgan fingerprint density at radius 2 is 1.67 bits per heavy atom. The van der Waals surface area contributed by atoms with E-state index in [9.17, 15) is 24.5 Å². The molecule has 0 fully saturated rings. The van der Waals surface area contributed by atoms with E-state index in [2.05, 4.69) is 18.4 Å². The molecule has 3 rings (SSSR count). The predicted molar refractivity (Wildman–Crippen MR) is 120 cm³/mol. The van der Waals surface area contributed by atoms with E-state index >= 15 is 0 Å². The van der Waals surface area contributed by atoms with Crippen LogP contribution < -0.4 is 34.7 Å². The standard InChI is InChI=1S/C26H30FNO4.Na/c1-17(2)26-23(13-12-21(29)14-22(30)15-25(31)32)24(18-8-10-19(27)11-9-18)16-28(26)20-6-4-3-5-7-20;/h3-11,16-17,21-22,29-30H,12-15H2,1-2H3,(H,31,32);/q;+1/p-1. The molecule has 0 aliphatic carbocycles. The minimum Gasteiger partial charge on any atom is -0.550 e. The SMILES string of the molecule is CC(C)c1c(CCC(O)CC(O)CC(=O)[O-])c(-c2ccc(F)cc2)cn1-c1ccccc1.[Na+]. The Labute approximate surface area is 216 Å². The predicted octanol–water partition coefficient (Wildman–Crippen LogP) is 0.595. The fourth-order valence-corrected chi connectivity index (χ4v) is 4.15. The molecule has 170 valence electrons. The van der Waals surface area contributed by atoms with Crippen molar-refractivity contribution in [1.82, 2.24) is 4.57 Å². The fraction of sp³-hybridized carbons (Fsp3) is 0.346. The Kier molecular flexibility index (Phi) is 10.3. The van der Waals surface area contributed by atoms with Crippen LogP contribution in [0.5, 0.6) is 0 Å². The van der Waals surface area contributed by atoms with Crippen molar-refractivity contribution < 1.29 is 54.1 Å². The Hall–Kier alpha value is -1.96. The van der Waals surface area contributed by atoms with Crippen molar-refractivity contribution >= 4 is 5.97 Å². The summed E-state index contributed by atoms with van der Waals surface area (Å²) in [6, 6.07) is 16.3. The molecule has 2 aromatic carbocycles.